The van der Waals surface area contributed by atoms with Crippen molar-refractivity contribution in [1.29, 1.82) is 0 Å². The molecule has 4 rings (SSSR count). The van der Waals surface area contributed by atoms with E-state index in [1.54, 1.807) is 18.4 Å². The molecule has 0 nitrogen and oxygen atoms in total. The molecule has 4 aliphatic carbocycles. The van der Waals surface area contributed by atoms with Crippen LogP contribution in [0, 0.1) is 75.9 Å². The fourth-order valence-electron chi connectivity index (χ4n) is 12.1. The summed E-state index contributed by atoms with van der Waals surface area (Å²) < 4.78 is 0. The number of hydrogen-bond acceptors (Lipinski definition) is 0. The molecule has 0 spiro atoms. The van der Waals surface area contributed by atoms with Gasteiger partial charge in [-0.05, 0) is 134 Å². The number of fused-ring (bicyclic) bond motifs is 3. The molecule has 4 aliphatic rings. The summed E-state index contributed by atoms with van der Waals surface area (Å²) in [5, 5.41) is 0. The normalized spacial score (nSPS) is 42.4. The fraction of sp³-hybridized carbons (Fsp3) is 0.952. The SMILES string of the molecule is C=C1CC2C(CCC(C)(C)C(C)CCCC1C)CC1CCC(CCCC3C(CCC)C(CC)C(C)(C)C3CCC)CC12. The van der Waals surface area contributed by atoms with Crippen LogP contribution in [0.15, 0.2) is 12.2 Å². The molecule has 0 N–H and O–H groups in total. The Morgan fingerprint density at radius 2 is 1.40 bits per heavy atom. The fourth-order valence-corrected chi connectivity index (χ4v) is 12.1. The summed E-state index contributed by atoms with van der Waals surface area (Å²) in [6.45, 7) is 27.7. The molecule has 0 aliphatic heterocycles. The highest BCUT2D eigenvalue weighted by Crippen LogP contribution is 2.60. The molecular formula is C42H76. The van der Waals surface area contributed by atoms with Crippen LogP contribution in [-0.2, 0) is 0 Å². The molecule has 0 amide bonds. The first kappa shape index (κ1) is 34.6. The second-order valence-electron chi connectivity index (χ2n) is 18.2. The van der Waals surface area contributed by atoms with Crippen LogP contribution in [0.3, 0.4) is 0 Å². The molecule has 244 valence electrons. The van der Waals surface area contributed by atoms with Crippen LogP contribution in [-0.4, -0.2) is 0 Å². The van der Waals surface area contributed by atoms with E-state index >= 15 is 0 Å². The van der Waals surface area contributed by atoms with E-state index in [1.165, 1.54) is 103 Å². The van der Waals surface area contributed by atoms with Gasteiger partial charge in [0.15, 0.2) is 0 Å². The van der Waals surface area contributed by atoms with E-state index in [0.717, 1.165) is 59.2 Å². The van der Waals surface area contributed by atoms with E-state index < -0.39 is 0 Å². The highest BCUT2D eigenvalue weighted by Gasteiger charge is 2.52. The van der Waals surface area contributed by atoms with Crippen molar-refractivity contribution in [2.24, 2.45) is 75.9 Å². The summed E-state index contributed by atoms with van der Waals surface area (Å²) in [5.41, 5.74) is 2.64. The van der Waals surface area contributed by atoms with Gasteiger partial charge in [-0.3, -0.25) is 0 Å². The van der Waals surface area contributed by atoms with Crippen molar-refractivity contribution in [3.05, 3.63) is 12.2 Å². The predicted molar refractivity (Wildman–Crippen MR) is 187 cm³/mol. The van der Waals surface area contributed by atoms with Gasteiger partial charge >= 0.3 is 0 Å². The van der Waals surface area contributed by atoms with Crippen molar-refractivity contribution in [1.82, 2.24) is 0 Å². The molecule has 11 unspecified atom stereocenters. The molecular weight excluding hydrogens is 504 g/mol. The third kappa shape index (κ3) is 7.57. The van der Waals surface area contributed by atoms with Gasteiger partial charge in [0, 0.05) is 0 Å². The van der Waals surface area contributed by atoms with Gasteiger partial charge in [-0.1, -0.05) is 132 Å². The minimum atomic E-state index is 0.497. The third-order valence-electron chi connectivity index (χ3n) is 15.2. The highest BCUT2D eigenvalue weighted by atomic mass is 14.6. The summed E-state index contributed by atoms with van der Waals surface area (Å²) in [5.74, 6) is 10.3. The molecule has 0 heterocycles. The van der Waals surface area contributed by atoms with E-state index in [9.17, 15) is 0 Å². The predicted octanol–water partition coefficient (Wildman–Crippen LogP) is 13.5. The lowest BCUT2D eigenvalue weighted by Gasteiger charge is -2.38. The van der Waals surface area contributed by atoms with Crippen LogP contribution in [0.2, 0.25) is 0 Å². The molecule has 0 radical (unpaired) electrons. The number of hydrogen-bond donors (Lipinski definition) is 0. The van der Waals surface area contributed by atoms with Crippen LogP contribution in [0.5, 0.6) is 0 Å². The van der Waals surface area contributed by atoms with Crippen molar-refractivity contribution in [3.8, 4) is 0 Å². The van der Waals surface area contributed by atoms with Crippen LogP contribution < -0.4 is 0 Å². The van der Waals surface area contributed by atoms with Crippen molar-refractivity contribution in [2.75, 3.05) is 0 Å². The summed E-state index contributed by atoms with van der Waals surface area (Å²) >= 11 is 0. The average Bonchev–Trinajstić information content (AvgIpc) is 3.38. The Morgan fingerprint density at radius 1 is 0.714 bits per heavy atom. The average molecular weight is 581 g/mol. The molecule has 0 aromatic rings. The van der Waals surface area contributed by atoms with Crippen molar-refractivity contribution >= 4 is 0 Å². The Kier molecular flexibility index (Phi) is 12.3. The summed E-state index contributed by atoms with van der Waals surface area (Å²) in [6, 6.07) is 0. The number of rotatable bonds is 9. The lowest BCUT2D eigenvalue weighted by Crippen LogP contribution is -2.28. The lowest BCUT2D eigenvalue weighted by molar-refractivity contribution is 0.137. The van der Waals surface area contributed by atoms with Gasteiger partial charge in [0.25, 0.3) is 0 Å². The zero-order chi connectivity index (χ0) is 30.7. The lowest BCUT2D eigenvalue weighted by atomic mass is 9.67. The Balaban J connectivity index is 1.41. The molecule has 11 atom stereocenters. The quantitative estimate of drug-likeness (QED) is 0.238. The Hall–Kier alpha value is -0.260. The Morgan fingerprint density at radius 3 is 2.10 bits per heavy atom. The van der Waals surface area contributed by atoms with E-state index in [2.05, 4.69) is 62.3 Å². The van der Waals surface area contributed by atoms with Crippen molar-refractivity contribution < 1.29 is 0 Å². The maximum absolute atomic E-state index is 4.75. The van der Waals surface area contributed by atoms with Crippen LogP contribution in [0.25, 0.3) is 0 Å². The van der Waals surface area contributed by atoms with Crippen LogP contribution in [0.4, 0.5) is 0 Å². The number of allylic oxidation sites excluding steroid dienone is 1. The maximum atomic E-state index is 4.75. The minimum Gasteiger partial charge on any atom is -0.0996 e. The van der Waals surface area contributed by atoms with Gasteiger partial charge in [-0.2, -0.15) is 0 Å². The van der Waals surface area contributed by atoms with Gasteiger partial charge in [0.05, 0.1) is 0 Å². The molecule has 0 bridgehead atoms. The van der Waals surface area contributed by atoms with E-state index in [4.69, 9.17) is 6.58 Å². The third-order valence-corrected chi connectivity index (χ3v) is 15.2. The minimum absolute atomic E-state index is 0.497. The molecule has 0 aromatic heterocycles. The van der Waals surface area contributed by atoms with Gasteiger partial charge in [0.1, 0.15) is 0 Å². The first-order valence-corrected chi connectivity index (χ1v) is 19.6. The summed E-state index contributed by atoms with van der Waals surface area (Å²) in [6.07, 6.45) is 26.2. The maximum Gasteiger partial charge on any atom is -0.0234 e. The Labute approximate surface area is 265 Å². The molecule has 42 heavy (non-hydrogen) atoms. The van der Waals surface area contributed by atoms with Gasteiger partial charge < -0.3 is 0 Å². The molecule has 0 saturated heterocycles. The largest absolute Gasteiger partial charge is 0.0996 e. The molecule has 0 aromatic carbocycles. The first-order chi connectivity index (χ1) is 19.9. The van der Waals surface area contributed by atoms with Gasteiger partial charge in [-0.25, -0.2) is 0 Å². The standard InChI is InChI=1S/C42H76/c1-11-16-35-36(40(17-12-2)42(9,10)39(35)13-3)21-15-20-32-22-23-33-28-34-24-25-41(7,8)31(6)19-14-18-29(4)30(5)26-37(34)38(33)27-32/h29,31-40H,5,11-28H2,1-4,6-10H3. The van der Waals surface area contributed by atoms with E-state index in [0.29, 0.717) is 16.7 Å². The monoisotopic (exact) mass is 581 g/mol. The van der Waals surface area contributed by atoms with Crippen molar-refractivity contribution in [2.45, 2.75) is 178 Å². The highest BCUT2D eigenvalue weighted by molar-refractivity contribution is 5.06. The van der Waals surface area contributed by atoms with Crippen LogP contribution in [0.1, 0.15) is 178 Å². The Bertz CT molecular complexity index is 831. The summed E-state index contributed by atoms with van der Waals surface area (Å²) in [7, 11) is 0. The van der Waals surface area contributed by atoms with Gasteiger partial charge in [-0.15, -0.1) is 0 Å². The molecule has 0 heteroatoms. The summed E-state index contributed by atoms with van der Waals surface area (Å²) in [4.78, 5) is 0. The smallest absolute Gasteiger partial charge is 0.0234 e. The van der Waals surface area contributed by atoms with Crippen molar-refractivity contribution in [3.63, 3.8) is 0 Å². The van der Waals surface area contributed by atoms with Gasteiger partial charge in [0.2, 0.25) is 0 Å². The molecule has 4 saturated carbocycles. The second kappa shape index (κ2) is 14.9. The van der Waals surface area contributed by atoms with Crippen LogP contribution >= 0.6 is 0 Å². The van der Waals surface area contributed by atoms with E-state index in [-0.39, 0.29) is 0 Å². The topological polar surface area (TPSA) is 0 Å². The zero-order valence-electron chi connectivity index (χ0n) is 30.3. The molecule has 4 fully saturated rings. The zero-order valence-corrected chi connectivity index (χ0v) is 30.3. The second-order valence-corrected chi connectivity index (χ2v) is 18.2. The first-order valence-electron chi connectivity index (χ1n) is 19.6. The van der Waals surface area contributed by atoms with E-state index in [1.807, 2.05) is 0 Å².